The summed E-state index contributed by atoms with van der Waals surface area (Å²) in [6.07, 6.45) is 3.56. The first-order chi connectivity index (χ1) is 11.3. The summed E-state index contributed by atoms with van der Waals surface area (Å²) in [6.45, 7) is 0.735. The van der Waals surface area contributed by atoms with Gasteiger partial charge in [0.2, 0.25) is 0 Å². The summed E-state index contributed by atoms with van der Waals surface area (Å²) in [5.74, 6) is 0.851. The van der Waals surface area contributed by atoms with E-state index in [-0.39, 0.29) is 5.91 Å². The fraction of sp³-hybridized carbons (Fsp3) is 0.222. The van der Waals surface area contributed by atoms with Gasteiger partial charge >= 0.3 is 0 Å². The van der Waals surface area contributed by atoms with Gasteiger partial charge in [0.1, 0.15) is 5.75 Å². The minimum Gasteiger partial charge on any atom is -0.497 e. The van der Waals surface area contributed by atoms with E-state index < -0.39 is 0 Å². The quantitative estimate of drug-likeness (QED) is 0.791. The van der Waals surface area contributed by atoms with Crippen LogP contribution in [-0.4, -0.2) is 29.5 Å². The van der Waals surface area contributed by atoms with E-state index in [0.29, 0.717) is 5.56 Å². The lowest BCUT2D eigenvalue weighted by Crippen LogP contribution is -2.35. The van der Waals surface area contributed by atoms with Crippen molar-refractivity contribution in [3.05, 3.63) is 53.9 Å². The molecule has 0 radical (unpaired) electrons. The topological polar surface area (TPSA) is 58.2 Å². The predicted molar refractivity (Wildman–Crippen MR) is 89.1 cm³/mol. The average molecular weight is 307 g/mol. The Morgan fingerprint density at radius 1 is 1.26 bits per heavy atom. The van der Waals surface area contributed by atoms with Gasteiger partial charge in [0.05, 0.1) is 24.5 Å². The van der Waals surface area contributed by atoms with Crippen LogP contribution in [0.1, 0.15) is 22.3 Å². The summed E-state index contributed by atoms with van der Waals surface area (Å²) in [5, 5.41) is 0. The highest BCUT2D eigenvalue weighted by atomic mass is 16.5. The smallest absolute Gasteiger partial charge is 0.258 e. The normalized spacial score (nSPS) is 13.9. The number of methoxy groups -OCH3 is 1. The van der Waals surface area contributed by atoms with Gasteiger partial charge in [-0.25, -0.2) is 4.98 Å². The van der Waals surface area contributed by atoms with E-state index in [2.05, 4.69) is 9.97 Å². The number of benzene rings is 2. The van der Waals surface area contributed by atoms with Crippen molar-refractivity contribution in [1.29, 1.82) is 0 Å². The number of nitrogens with one attached hydrogen (secondary N) is 1. The van der Waals surface area contributed by atoms with E-state index in [1.165, 1.54) is 0 Å². The van der Waals surface area contributed by atoms with Crippen LogP contribution in [0.2, 0.25) is 0 Å². The highest BCUT2D eigenvalue weighted by Crippen LogP contribution is 2.31. The maximum atomic E-state index is 12.9. The Balaban J connectivity index is 1.72. The molecule has 1 N–H and O–H groups in total. The van der Waals surface area contributed by atoms with Crippen molar-refractivity contribution in [2.24, 2.45) is 0 Å². The minimum absolute atomic E-state index is 0.0209. The number of rotatable bonds is 2. The van der Waals surface area contributed by atoms with E-state index in [4.69, 9.17) is 4.74 Å². The molecule has 2 aromatic carbocycles. The molecule has 4 rings (SSSR count). The summed E-state index contributed by atoms with van der Waals surface area (Å²) in [7, 11) is 1.66. The van der Waals surface area contributed by atoms with Crippen molar-refractivity contribution in [2.45, 2.75) is 12.8 Å². The molecule has 1 aliphatic heterocycles. The van der Waals surface area contributed by atoms with E-state index in [9.17, 15) is 4.79 Å². The maximum Gasteiger partial charge on any atom is 0.258 e. The Labute approximate surface area is 133 Å². The predicted octanol–water partition coefficient (Wildman–Crippen LogP) is 3.16. The van der Waals surface area contributed by atoms with E-state index >= 15 is 0 Å². The molecular formula is C18H17N3O2. The van der Waals surface area contributed by atoms with Crippen molar-refractivity contribution in [2.75, 3.05) is 18.6 Å². The number of ether oxygens (including phenoxy) is 1. The van der Waals surface area contributed by atoms with Crippen molar-refractivity contribution < 1.29 is 9.53 Å². The number of anilines is 1. The van der Waals surface area contributed by atoms with Crippen molar-refractivity contribution in [3.63, 3.8) is 0 Å². The van der Waals surface area contributed by atoms with Crippen LogP contribution >= 0.6 is 0 Å². The van der Waals surface area contributed by atoms with Gasteiger partial charge in [-0.15, -0.1) is 0 Å². The number of carbonyl (C=O) groups excluding carboxylic acids is 1. The van der Waals surface area contributed by atoms with Crippen molar-refractivity contribution in [1.82, 2.24) is 9.97 Å². The number of aromatic amines is 1. The van der Waals surface area contributed by atoms with Gasteiger partial charge in [-0.3, -0.25) is 4.79 Å². The van der Waals surface area contributed by atoms with Gasteiger partial charge in [0.25, 0.3) is 5.91 Å². The van der Waals surface area contributed by atoms with Crippen LogP contribution in [-0.2, 0) is 6.42 Å². The average Bonchev–Trinajstić information content (AvgIpc) is 3.07. The van der Waals surface area contributed by atoms with E-state index in [1.54, 1.807) is 13.4 Å². The van der Waals surface area contributed by atoms with Crippen LogP contribution in [0.15, 0.2) is 42.7 Å². The molecule has 23 heavy (non-hydrogen) atoms. The molecule has 3 aromatic rings. The number of aryl methyl sites for hydroxylation is 1. The van der Waals surface area contributed by atoms with Crippen LogP contribution in [0.4, 0.5) is 5.69 Å². The molecule has 0 saturated heterocycles. The minimum atomic E-state index is 0.0209. The first-order valence-electron chi connectivity index (χ1n) is 7.68. The largest absolute Gasteiger partial charge is 0.497 e. The molecule has 0 atom stereocenters. The number of amides is 1. The third-order valence-electron chi connectivity index (χ3n) is 4.32. The van der Waals surface area contributed by atoms with Gasteiger partial charge in [0, 0.05) is 17.8 Å². The lowest BCUT2D eigenvalue weighted by Gasteiger charge is -2.30. The van der Waals surface area contributed by atoms with E-state index in [1.807, 2.05) is 41.3 Å². The number of carbonyl (C=O) groups is 1. The summed E-state index contributed by atoms with van der Waals surface area (Å²) in [4.78, 5) is 22.0. The molecule has 0 saturated carbocycles. The number of hydrogen-bond donors (Lipinski definition) is 1. The number of nitrogens with zero attached hydrogens (tertiary/aromatic N) is 2. The zero-order valence-electron chi connectivity index (χ0n) is 12.9. The molecule has 1 amide bonds. The fourth-order valence-corrected chi connectivity index (χ4v) is 3.14. The highest BCUT2D eigenvalue weighted by molar-refractivity contribution is 6.08. The Morgan fingerprint density at radius 3 is 3.04 bits per heavy atom. The molecule has 2 heterocycles. The molecule has 0 bridgehead atoms. The van der Waals surface area contributed by atoms with Crippen LogP contribution in [0.3, 0.4) is 0 Å². The molecule has 0 aliphatic carbocycles. The second-order valence-electron chi connectivity index (χ2n) is 5.69. The van der Waals surface area contributed by atoms with Gasteiger partial charge in [-0.1, -0.05) is 0 Å². The van der Waals surface area contributed by atoms with Gasteiger partial charge in [-0.2, -0.15) is 0 Å². The molecule has 0 fully saturated rings. The molecule has 0 spiro atoms. The second-order valence-corrected chi connectivity index (χ2v) is 5.69. The monoisotopic (exact) mass is 307 g/mol. The van der Waals surface area contributed by atoms with Crippen molar-refractivity contribution in [3.8, 4) is 5.75 Å². The van der Waals surface area contributed by atoms with Gasteiger partial charge < -0.3 is 14.6 Å². The van der Waals surface area contributed by atoms with Gasteiger partial charge in [-0.05, 0) is 54.8 Å². The molecule has 1 aromatic heterocycles. The number of aromatic nitrogens is 2. The Hall–Kier alpha value is -2.82. The van der Waals surface area contributed by atoms with Crippen LogP contribution in [0.5, 0.6) is 5.75 Å². The van der Waals surface area contributed by atoms with Gasteiger partial charge in [0.15, 0.2) is 0 Å². The lowest BCUT2D eigenvalue weighted by molar-refractivity contribution is 0.0985. The molecule has 1 aliphatic rings. The molecule has 5 nitrogen and oxygen atoms in total. The van der Waals surface area contributed by atoms with Crippen molar-refractivity contribution >= 4 is 22.6 Å². The Bertz CT molecular complexity index is 885. The number of hydrogen-bond acceptors (Lipinski definition) is 3. The molecular weight excluding hydrogens is 290 g/mol. The summed E-state index contributed by atoms with van der Waals surface area (Å²) in [5.41, 5.74) is 4.55. The maximum absolute atomic E-state index is 12.9. The SMILES string of the molecule is COc1ccc2c(c1)CCCN2C(=O)c1ccc2nc[nH]c2c1. The second kappa shape index (κ2) is 5.43. The zero-order valence-corrected chi connectivity index (χ0v) is 12.9. The molecule has 0 unspecified atom stereocenters. The molecule has 116 valence electrons. The van der Waals surface area contributed by atoms with Crippen LogP contribution < -0.4 is 9.64 Å². The van der Waals surface area contributed by atoms with Crippen LogP contribution in [0, 0.1) is 0 Å². The number of imidazole rings is 1. The first kappa shape index (κ1) is 13.8. The van der Waals surface area contributed by atoms with E-state index in [0.717, 1.165) is 47.4 Å². The highest BCUT2D eigenvalue weighted by Gasteiger charge is 2.24. The molecule has 5 heteroatoms. The summed E-state index contributed by atoms with van der Waals surface area (Å²) < 4.78 is 5.29. The lowest BCUT2D eigenvalue weighted by atomic mass is 10.0. The fourth-order valence-electron chi connectivity index (χ4n) is 3.14. The standard InChI is InChI=1S/C18H17N3O2/c1-23-14-5-7-17-12(9-14)3-2-8-21(17)18(22)13-4-6-15-16(10-13)20-11-19-15/h4-7,9-11H,2-3,8H2,1H3,(H,19,20). The number of H-pyrrole nitrogens is 1. The third kappa shape index (κ3) is 2.34. The summed E-state index contributed by atoms with van der Waals surface area (Å²) >= 11 is 0. The van der Waals surface area contributed by atoms with Crippen LogP contribution in [0.25, 0.3) is 11.0 Å². The first-order valence-corrected chi connectivity index (χ1v) is 7.68. The third-order valence-corrected chi connectivity index (χ3v) is 4.32. The zero-order chi connectivity index (χ0) is 15.8. The summed E-state index contributed by atoms with van der Waals surface area (Å²) in [6, 6.07) is 11.5. The number of fused-ring (bicyclic) bond motifs is 2. The Kier molecular flexibility index (Phi) is 3.26. The Morgan fingerprint density at radius 2 is 2.17 bits per heavy atom.